The monoisotopic (exact) mass is 272 g/mol. The van der Waals surface area contributed by atoms with Gasteiger partial charge in [0.05, 0.1) is 6.07 Å². The van der Waals surface area contributed by atoms with Gasteiger partial charge in [-0.3, -0.25) is 4.79 Å². The minimum Gasteiger partial charge on any atom is -0.337 e. The summed E-state index contributed by atoms with van der Waals surface area (Å²) in [6, 6.07) is 2.08. The topological polar surface area (TPSA) is 44.1 Å². The number of nitriles is 1. The fourth-order valence-corrected chi connectivity index (χ4v) is 2.77. The number of carbonyl (C=O) groups is 1. The van der Waals surface area contributed by atoms with E-state index < -0.39 is 17.2 Å². The third-order valence-electron chi connectivity index (χ3n) is 3.94. The van der Waals surface area contributed by atoms with Gasteiger partial charge in [-0.25, -0.2) is 0 Å². The maximum absolute atomic E-state index is 12.5. The molecule has 1 saturated carbocycles. The Morgan fingerprint density at radius 2 is 2.00 bits per heavy atom. The molecule has 1 aliphatic heterocycles. The third kappa shape index (κ3) is 2.60. The Morgan fingerprint density at radius 1 is 1.37 bits per heavy atom. The number of amides is 1. The van der Waals surface area contributed by atoms with Crippen molar-refractivity contribution in [2.45, 2.75) is 38.3 Å². The van der Waals surface area contributed by atoms with Crippen LogP contribution in [0.4, 0.5) is 13.2 Å². The van der Waals surface area contributed by atoms with Gasteiger partial charge in [-0.1, -0.05) is 18.9 Å². The highest BCUT2D eigenvalue weighted by molar-refractivity contribution is 5.86. The smallest absolute Gasteiger partial charge is 0.337 e. The average molecular weight is 272 g/mol. The summed E-state index contributed by atoms with van der Waals surface area (Å²) in [6.45, 7) is 0.00468. The van der Waals surface area contributed by atoms with Crippen LogP contribution in [0, 0.1) is 16.7 Å². The Labute approximate surface area is 109 Å². The molecule has 104 valence electrons. The Kier molecular flexibility index (Phi) is 3.57. The molecule has 0 bridgehead atoms. The molecule has 0 saturated heterocycles. The minimum absolute atomic E-state index is 0.0445. The van der Waals surface area contributed by atoms with Crippen LogP contribution in [-0.4, -0.2) is 30.1 Å². The molecular formula is C13H15F3N2O. The van der Waals surface area contributed by atoms with Crippen molar-refractivity contribution in [2.24, 2.45) is 5.41 Å². The lowest BCUT2D eigenvalue weighted by atomic mass is 9.86. The van der Waals surface area contributed by atoms with Crippen LogP contribution in [0.2, 0.25) is 0 Å². The van der Waals surface area contributed by atoms with Gasteiger partial charge in [0.15, 0.2) is 0 Å². The average Bonchev–Trinajstić information content (AvgIpc) is 2.87. The molecular weight excluding hydrogens is 257 g/mol. The molecule has 19 heavy (non-hydrogen) atoms. The maximum atomic E-state index is 12.5. The lowest BCUT2D eigenvalue weighted by Crippen LogP contribution is -2.44. The van der Waals surface area contributed by atoms with E-state index in [1.807, 2.05) is 0 Å². The summed E-state index contributed by atoms with van der Waals surface area (Å²) in [5.74, 6) is -0.301. The van der Waals surface area contributed by atoms with Crippen molar-refractivity contribution < 1.29 is 18.0 Å². The first-order valence-corrected chi connectivity index (χ1v) is 6.36. The summed E-state index contributed by atoms with van der Waals surface area (Å²) < 4.78 is 37.5. The van der Waals surface area contributed by atoms with Gasteiger partial charge in [-0.05, 0) is 19.3 Å². The lowest BCUT2D eigenvalue weighted by molar-refractivity contribution is -0.139. The first-order chi connectivity index (χ1) is 8.89. The fraction of sp³-hybridized carbons (Fsp3) is 0.692. The molecule has 1 amide bonds. The quantitative estimate of drug-likeness (QED) is 0.689. The molecule has 0 N–H and O–H groups in total. The van der Waals surface area contributed by atoms with E-state index in [-0.39, 0.29) is 25.4 Å². The van der Waals surface area contributed by atoms with E-state index in [4.69, 9.17) is 0 Å². The van der Waals surface area contributed by atoms with Crippen LogP contribution in [0.25, 0.3) is 0 Å². The summed E-state index contributed by atoms with van der Waals surface area (Å²) in [4.78, 5) is 13.7. The minimum atomic E-state index is -4.31. The molecule has 0 aromatic heterocycles. The molecule has 0 aromatic rings. The molecule has 6 heteroatoms. The Hall–Kier alpha value is -1.51. The number of hydrogen-bond donors (Lipinski definition) is 0. The zero-order valence-electron chi connectivity index (χ0n) is 10.5. The van der Waals surface area contributed by atoms with Gasteiger partial charge < -0.3 is 4.90 Å². The standard InChI is InChI=1S/C13H15F3N2O/c14-13(15,16)10-3-7-18(8-4-10)11(19)12(9-17)5-1-2-6-12/h3H,1-2,4-8H2. The molecule has 0 radical (unpaired) electrons. The molecule has 0 spiro atoms. The van der Waals surface area contributed by atoms with Crippen LogP contribution in [0.3, 0.4) is 0 Å². The van der Waals surface area contributed by atoms with E-state index >= 15 is 0 Å². The van der Waals surface area contributed by atoms with Crippen molar-refractivity contribution >= 4 is 5.91 Å². The van der Waals surface area contributed by atoms with Crippen molar-refractivity contribution in [1.29, 1.82) is 5.26 Å². The van der Waals surface area contributed by atoms with Gasteiger partial charge in [0.1, 0.15) is 5.41 Å². The van der Waals surface area contributed by atoms with Gasteiger partial charge in [0.2, 0.25) is 5.91 Å². The van der Waals surface area contributed by atoms with Crippen molar-refractivity contribution in [3.8, 4) is 6.07 Å². The number of hydrogen-bond acceptors (Lipinski definition) is 2. The van der Waals surface area contributed by atoms with Crippen LogP contribution in [0.5, 0.6) is 0 Å². The molecule has 1 aliphatic carbocycles. The van der Waals surface area contributed by atoms with Gasteiger partial charge in [-0.15, -0.1) is 0 Å². The summed E-state index contributed by atoms with van der Waals surface area (Å²) >= 11 is 0. The van der Waals surface area contributed by atoms with Crippen LogP contribution in [0.15, 0.2) is 11.6 Å². The van der Waals surface area contributed by atoms with E-state index in [1.54, 1.807) is 0 Å². The van der Waals surface area contributed by atoms with Crippen LogP contribution >= 0.6 is 0 Å². The molecule has 3 nitrogen and oxygen atoms in total. The second kappa shape index (κ2) is 4.87. The summed E-state index contributed by atoms with van der Waals surface area (Å²) in [7, 11) is 0. The third-order valence-corrected chi connectivity index (χ3v) is 3.94. The van der Waals surface area contributed by atoms with Crippen molar-refractivity contribution in [3.05, 3.63) is 11.6 Å². The van der Waals surface area contributed by atoms with E-state index in [1.165, 1.54) is 4.90 Å². The van der Waals surface area contributed by atoms with Crippen molar-refractivity contribution in [3.63, 3.8) is 0 Å². The highest BCUT2D eigenvalue weighted by Gasteiger charge is 2.45. The largest absolute Gasteiger partial charge is 0.412 e. The van der Waals surface area contributed by atoms with Crippen LogP contribution in [-0.2, 0) is 4.79 Å². The summed E-state index contributed by atoms with van der Waals surface area (Å²) in [5, 5.41) is 9.21. The van der Waals surface area contributed by atoms with Gasteiger partial charge >= 0.3 is 6.18 Å². The molecule has 1 fully saturated rings. The lowest BCUT2D eigenvalue weighted by Gasteiger charge is -2.32. The normalized spacial score (nSPS) is 22.8. The first-order valence-electron chi connectivity index (χ1n) is 6.36. The Balaban J connectivity index is 2.08. The number of nitrogens with zero attached hydrogens (tertiary/aromatic N) is 2. The fourth-order valence-electron chi connectivity index (χ4n) is 2.77. The summed E-state index contributed by atoms with van der Waals surface area (Å²) in [5.41, 5.74) is -1.57. The SMILES string of the molecule is N#CC1(C(=O)N2CC=C(C(F)(F)F)CC2)CCCC1. The second-order valence-electron chi connectivity index (χ2n) is 5.13. The molecule has 0 unspecified atom stereocenters. The predicted octanol–water partition coefficient (Wildman–Crippen LogP) is 2.79. The predicted molar refractivity (Wildman–Crippen MR) is 61.8 cm³/mol. The van der Waals surface area contributed by atoms with Crippen molar-refractivity contribution in [2.75, 3.05) is 13.1 Å². The van der Waals surface area contributed by atoms with E-state index in [9.17, 15) is 23.2 Å². The zero-order valence-corrected chi connectivity index (χ0v) is 10.5. The Morgan fingerprint density at radius 3 is 2.42 bits per heavy atom. The van der Waals surface area contributed by atoms with Gasteiger partial charge in [-0.2, -0.15) is 18.4 Å². The number of alkyl halides is 3. The van der Waals surface area contributed by atoms with Crippen molar-refractivity contribution in [1.82, 2.24) is 4.90 Å². The van der Waals surface area contributed by atoms with Crippen LogP contribution in [0.1, 0.15) is 32.1 Å². The second-order valence-corrected chi connectivity index (χ2v) is 5.13. The highest BCUT2D eigenvalue weighted by atomic mass is 19.4. The summed E-state index contributed by atoms with van der Waals surface area (Å²) in [6.07, 6.45) is -0.732. The number of halogens is 3. The molecule has 0 atom stereocenters. The van der Waals surface area contributed by atoms with E-state index in [0.29, 0.717) is 12.8 Å². The molecule has 1 heterocycles. The van der Waals surface area contributed by atoms with Gasteiger partial charge in [0, 0.05) is 18.7 Å². The number of carbonyl (C=O) groups excluding carboxylic acids is 1. The molecule has 0 aromatic carbocycles. The zero-order chi connectivity index (χ0) is 14.1. The first kappa shape index (κ1) is 13.9. The van der Waals surface area contributed by atoms with Gasteiger partial charge in [0.25, 0.3) is 0 Å². The molecule has 2 rings (SSSR count). The highest BCUT2D eigenvalue weighted by Crippen LogP contribution is 2.40. The van der Waals surface area contributed by atoms with Crippen LogP contribution < -0.4 is 0 Å². The molecule has 2 aliphatic rings. The van der Waals surface area contributed by atoms with E-state index in [0.717, 1.165) is 18.9 Å². The maximum Gasteiger partial charge on any atom is 0.412 e. The Bertz CT molecular complexity index is 442. The van der Waals surface area contributed by atoms with E-state index in [2.05, 4.69) is 6.07 Å². The number of rotatable bonds is 1.